The van der Waals surface area contributed by atoms with E-state index < -0.39 is 0 Å². The van der Waals surface area contributed by atoms with Crippen LogP contribution in [0.2, 0.25) is 0 Å². The van der Waals surface area contributed by atoms with Gasteiger partial charge in [0.25, 0.3) is 0 Å². The van der Waals surface area contributed by atoms with Crippen LogP contribution in [0.3, 0.4) is 0 Å². The summed E-state index contributed by atoms with van der Waals surface area (Å²) in [5.41, 5.74) is 1.03. The molecule has 0 spiro atoms. The number of aryl methyl sites for hydroxylation is 1. The molecule has 2 aromatic rings. The van der Waals surface area contributed by atoms with Gasteiger partial charge in [0.05, 0.1) is 39.1 Å². The lowest BCUT2D eigenvalue weighted by atomic mass is 10.2. The Morgan fingerprint density at radius 3 is 2.48 bits per heavy atom. The van der Waals surface area contributed by atoms with E-state index in [4.69, 9.17) is 14.6 Å². The van der Waals surface area contributed by atoms with Gasteiger partial charge in [0.1, 0.15) is 12.7 Å². The minimum atomic E-state index is 0.0152. The molecule has 0 saturated carbocycles. The zero-order chi connectivity index (χ0) is 18.9. The molecule has 27 heavy (non-hydrogen) atoms. The number of hydrogen-bond donors (Lipinski definition) is 1. The molecule has 1 aliphatic rings. The van der Waals surface area contributed by atoms with Gasteiger partial charge in [0, 0.05) is 32.0 Å². The fourth-order valence-corrected chi connectivity index (χ4v) is 2.88. The van der Waals surface area contributed by atoms with Crippen LogP contribution >= 0.6 is 0 Å². The molecule has 1 unspecified atom stereocenters. The number of rotatable bonds is 9. The zero-order valence-corrected chi connectivity index (χ0v) is 15.4. The van der Waals surface area contributed by atoms with Gasteiger partial charge in [-0.3, -0.25) is 0 Å². The van der Waals surface area contributed by atoms with Gasteiger partial charge in [-0.2, -0.15) is 0 Å². The molecule has 0 amide bonds. The van der Waals surface area contributed by atoms with Gasteiger partial charge in [0.2, 0.25) is 11.9 Å². The normalized spacial score (nSPS) is 17.3. The summed E-state index contributed by atoms with van der Waals surface area (Å²) < 4.78 is 11.0. The Labute approximate surface area is 158 Å². The quantitative estimate of drug-likeness (QED) is 0.586. The third kappa shape index (κ3) is 5.52. The van der Waals surface area contributed by atoms with Crippen LogP contribution in [-0.2, 0) is 9.47 Å². The summed E-state index contributed by atoms with van der Waals surface area (Å²) in [5, 5.41) is 8.73. The molecule has 1 aliphatic heterocycles. The van der Waals surface area contributed by atoms with Crippen molar-refractivity contribution in [1.29, 1.82) is 0 Å². The average molecular weight is 375 g/mol. The number of hydrogen-bond acceptors (Lipinski definition) is 10. The number of nitrogens with zero attached hydrogens (tertiary/aromatic N) is 7. The van der Waals surface area contributed by atoms with Gasteiger partial charge < -0.3 is 24.4 Å². The van der Waals surface area contributed by atoms with E-state index >= 15 is 0 Å². The molecule has 0 bridgehead atoms. The Balaban J connectivity index is 1.63. The highest BCUT2D eigenvalue weighted by Gasteiger charge is 2.30. The van der Waals surface area contributed by atoms with Crippen molar-refractivity contribution in [3.05, 3.63) is 30.6 Å². The van der Waals surface area contributed by atoms with Crippen molar-refractivity contribution in [3.63, 3.8) is 0 Å². The molecule has 3 rings (SSSR count). The molecule has 10 nitrogen and oxygen atoms in total. The standard InChI is InChI=1S/C17H25N7O3/c1-14-8-19-16(20-9-14)23-2-3-24(17-21-12-18-13-22-17)15(10-23)11-27-7-6-26-5-4-25/h8-9,12-13,15,25H,2-7,10-11H2,1H3. The fourth-order valence-electron chi connectivity index (χ4n) is 2.88. The molecule has 1 saturated heterocycles. The highest BCUT2D eigenvalue weighted by molar-refractivity contribution is 5.39. The number of ether oxygens (including phenoxy) is 2. The van der Waals surface area contributed by atoms with E-state index in [9.17, 15) is 0 Å². The topological polar surface area (TPSA) is 110 Å². The van der Waals surface area contributed by atoms with Crippen LogP contribution in [-0.4, -0.2) is 88.7 Å². The van der Waals surface area contributed by atoms with Gasteiger partial charge in [-0.1, -0.05) is 0 Å². The van der Waals surface area contributed by atoms with E-state index in [1.54, 1.807) is 0 Å². The number of aliphatic hydroxyl groups is 1. The molecule has 10 heteroatoms. The minimum Gasteiger partial charge on any atom is -0.394 e. The highest BCUT2D eigenvalue weighted by atomic mass is 16.5. The first-order valence-electron chi connectivity index (χ1n) is 8.96. The van der Waals surface area contributed by atoms with Gasteiger partial charge in [-0.05, 0) is 12.5 Å². The van der Waals surface area contributed by atoms with Crippen LogP contribution < -0.4 is 9.80 Å². The van der Waals surface area contributed by atoms with Crippen LogP contribution in [0.4, 0.5) is 11.9 Å². The first-order valence-corrected chi connectivity index (χ1v) is 8.96. The van der Waals surface area contributed by atoms with E-state index in [1.807, 2.05) is 19.3 Å². The molecular formula is C17H25N7O3. The predicted octanol–water partition coefficient (Wildman–Crippen LogP) is -0.309. The second kappa shape index (κ2) is 10.0. The van der Waals surface area contributed by atoms with Crippen molar-refractivity contribution in [2.24, 2.45) is 0 Å². The lowest BCUT2D eigenvalue weighted by Crippen LogP contribution is -2.56. The van der Waals surface area contributed by atoms with Crippen molar-refractivity contribution in [2.45, 2.75) is 13.0 Å². The summed E-state index contributed by atoms with van der Waals surface area (Å²) in [6.07, 6.45) is 6.65. The number of aromatic nitrogens is 5. The summed E-state index contributed by atoms with van der Waals surface area (Å²) in [6, 6.07) is 0.0453. The van der Waals surface area contributed by atoms with E-state index in [0.29, 0.717) is 44.9 Å². The van der Waals surface area contributed by atoms with Crippen molar-refractivity contribution in [1.82, 2.24) is 24.9 Å². The van der Waals surface area contributed by atoms with Gasteiger partial charge >= 0.3 is 0 Å². The van der Waals surface area contributed by atoms with Gasteiger partial charge in [0.15, 0.2) is 0 Å². The molecular weight excluding hydrogens is 350 g/mol. The summed E-state index contributed by atoms with van der Waals surface area (Å²) in [7, 11) is 0. The monoisotopic (exact) mass is 375 g/mol. The smallest absolute Gasteiger partial charge is 0.228 e. The Kier molecular flexibility index (Phi) is 7.19. The molecule has 0 aliphatic carbocycles. The van der Waals surface area contributed by atoms with E-state index in [1.165, 1.54) is 12.7 Å². The van der Waals surface area contributed by atoms with Crippen LogP contribution in [0.5, 0.6) is 0 Å². The Morgan fingerprint density at radius 1 is 1.00 bits per heavy atom. The molecule has 1 N–H and O–H groups in total. The second-order valence-electron chi connectivity index (χ2n) is 6.20. The summed E-state index contributed by atoms with van der Waals surface area (Å²) in [5.74, 6) is 1.35. The Bertz CT molecular complexity index is 674. The fraction of sp³-hybridized carbons (Fsp3) is 0.588. The molecule has 3 heterocycles. The number of anilines is 2. The predicted molar refractivity (Wildman–Crippen MR) is 98.7 cm³/mol. The summed E-state index contributed by atoms with van der Waals surface area (Å²) >= 11 is 0. The molecule has 146 valence electrons. The summed E-state index contributed by atoms with van der Waals surface area (Å²) in [4.78, 5) is 25.6. The van der Waals surface area contributed by atoms with Crippen molar-refractivity contribution >= 4 is 11.9 Å². The largest absolute Gasteiger partial charge is 0.394 e. The first-order chi connectivity index (χ1) is 13.3. The first kappa shape index (κ1) is 19.3. The minimum absolute atomic E-state index is 0.0152. The number of aliphatic hydroxyl groups excluding tert-OH is 1. The third-order valence-electron chi connectivity index (χ3n) is 4.19. The average Bonchev–Trinajstić information content (AvgIpc) is 2.72. The maximum atomic E-state index is 8.73. The SMILES string of the molecule is Cc1cnc(N2CCN(c3ncncn3)C(COCCOCCO)C2)nc1. The van der Waals surface area contributed by atoms with Crippen LogP contribution in [0.25, 0.3) is 0 Å². The third-order valence-corrected chi connectivity index (χ3v) is 4.19. The van der Waals surface area contributed by atoms with Crippen molar-refractivity contribution < 1.29 is 14.6 Å². The van der Waals surface area contributed by atoms with Crippen LogP contribution in [0.15, 0.2) is 25.0 Å². The van der Waals surface area contributed by atoms with Gasteiger partial charge in [-0.25, -0.2) is 24.9 Å². The number of piperazine rings is 1. The molecule has 2 aromatic heterocycles. The van der Waals surface area contributed by atoms with Crippen LogP contribution in [0, 0.1) is 6.92 Å². The second-order valence-corrected chi connectivity index (χ2v) is 6.20. The van der Waals surface area contributed by atoms with Crippen molar-refractivity contribution in [2.75, 3.05) is 62.5 Å². The molecule has 1 fully saturated rings. The molecule has 0 aromatic carbocycles. The highest BCUT2D eigenvalue weighted by Crippen LogP contribution is 2.19. The van der Waals surface area contributed by atoms with E-state index in [0.717, 1.165) is 18.7 Å². The van der Waals surface area contributed by atoms with E-state index in [2.05, 4.69) is 34.7 Å². The molecule has 0 radical (unpaired) electrons. The van der Waals surface area contributed by atoms with E-state index in [-0.39, 0.29) is 12.6 Å². The maximum Gasteiger partial charge on any atom is 0.228 e. The molecule has 1 atom stereocenters. The van der Waals surface area contributed by atoms with Crippen molar-refractivity contribution in [3.8, 4) is 0 Å². The lowest BCUT2D eigenvalue weighted by molar-refractivity contribution is 0.0284. The summed E-state index contributed by atoms with van der Waals surface area (Å²) in [6.45, 7) is 5.91. The van der Waals surface area contributed by atoms with Gasteiger partial charge in [-0.15, -0.1) is 0 Å². The maximum absolute atomic E-state index is 8.73. The Morgan fingerprint density at radius 2 is 1.74 bits per heavy atom. The zero-order valence-electron chi connectivity index (χ0n) is 15.4. The Hall–Kier alpha value is -2.43. The van der Waals surface area contributed by atoms with Crippen LogP contribution in [0.1, 0.15) is 5.56 Å². The lowest BCUT2D eigenvalue weighted by Gasteiger charge is -2.41.